The van der Waals surface area contributed by atoms with Crippen LogP contribution in [-0.4, -0.2) is 53.7 Å². The van der Waals surface area contributed by atoms with Gasteiger partial charge in [-0.3, -0.25) is 4.90 Å². The van der Waals surface area contributed by atoms with E-state index in [4.69, 9.17) is 14.7 Å². The topological polar surface area (TPSA) is 41.5 Å². The average Bonchev–Trinajstić information content (AvgIpc) is 3.00. The van der Waals surface area contributed by atoms with Gasteiger partial charge in [-0.05, 0) is 25.8 Å². The Balaban J connectivity index is 1.95. The van der Waals surface area contributed by atoms with E-state index in [2.05, 4.69) is 43.6 Å². The Kier molecular flexibility index (Phi) is 5.11. The Morgan fingerprint density at radius 3 is 2.71 bits per heavy atom. The fourth-order valence-electron chi connectivity index (χ4n) is 3.91. The molecule has 0 spiro atoms. The fourth-order valence-corrected chi connectivity index (χ4v) is 3.91. The van der Waals surface area contributed by atoms with Crippen molar-refractivity contribution in [1.82, 2.24) is 14.9 Å². The summed E-state index contributed by atoms with van der Waals surface area (Å²) in [6.45, 7) is 12.9. The first-order chi connectivity index (χ1) is 11.4. The van der Waals surface area contributed by atoms with E-state index in [0.29, 0.717) is 18.7 Å². The van der Waals surface area contributed by atoms with Crippen LogP contribution in [-0.2, 0) is 16.8 Å². The molecule has 1 aromatic rings. The van der Waals surface area contributed by atoms with Crippen LogP contribution in [0.15, 0.2) is 6.07 Å². The van der Waals surface area contributed by atoms with Crippen LogP contribution in [0.25, 0.3) is 0 Å². The highest BCUT2D eigenvalue weighted by Crippen LogP contribution is 2.30. The molecule has 3 rings (SSSR count). The molecule has 24 heavy (non-hydrogen) atoms. The summed E-state index contributed by atoms with van der Waals surface area (Å²) in [5.41, 5.74) is 0.922. The molecule has 2 saturated heterocycles. The highest BCUT2D eigenvalue weighted by atomic mass is 16.5. The molecule has 134 valence electrons. The van der Waals surface area contributed by atoms with E-state index in [0.717, 1.165) is 36.8 Å². The van der Waals surface area contributed by atoms with Crippen LogP contribution >= 0.6 is 0 Å². The maximum absolute atomic E-state index is 5.34. The molecule has 2 aliphatic rings. The van der Waals surface area contributed by atoms with Gasteiger partial charge in [0.2, 0.25) is 0 Å². The van der Waals surface area contributed by atoms with E-state index in [1.807, 2.05) is 0 Å². The van der Waals surface area contributed by atoms with Crippen LogP contribution in [0.1, 0.15) is 58.5 Å². The lowest BCUT2D eigenvalue weighted by Crippen LogP contribution is -2.56. The van der Waals surface area contributed by atoms with Gasteiger partial charge in [-0.25, -0.2) is 9.97 Å². The van der Waals surface area contributed by atoms with Gasteiger partial charge in [0.25, 0.3) is 0 Å². The molecule has 0 N–H and O–H groups in total. The zero-order chi connectivity index (χ0) is 17.3. The Labute approximate surface area is 146 Å². The predicted molar refractivity (Wildman–Crippen MR) is 97.5 cm³/mol. The SMILES string of the molecule is CCC1CN2CCCC2CN1c1cc(COC)nc(C(C)(C)C)n1. The quantitative estimate of drug-likeness (QED) is 0.848. The molecular formula is C19H32N4O. The summed E-state index contributed by atoms with van der Waals surface area (Å²) in [5, 5.41) is 0. The van der Waals surface area contributed by atoms with Crippen LogP contribution in [0.2, 0.25) is 0 Å². The Hall–Kier alpha value is -1.20. The normalized spacial score (nSPS) is 25.1. The number of hydrogen-bond acceptors (Lipinski definition) is 5. The highest BCUT2D eigenvalue weighted by molar-refractivity contribution is 5.43. The minimum atomic E-state index is -0.0601. The minimum absolute atomic E-state index is 0.0601. The third-order valence-corrected chi connectivity index (χ3v) is 5.29. The average molecular weight is 332 g/mol. The van der Waals surface area contributed by atoms with Crippen molar-refractivity contribution in [3.63, 3.8) is 0 Å². The van der Waals surface area contributed by atoms with Crippen molar-refractivity contribution >= 4 is 5.82 Å². The standard InChI is InChI=1S/C19H32N4O/c1-6-15-11-22-9-7-8-16(22)12-23(15)17-10-14(13-24-5)20-18(21-17)19(2,3)4/h10,15-16H,6-9,11-13H2,1-5H3. The van der Waals surface area contributed by atoms with E-state index in [1.165, 1.54) is 19.4 Å². The zero-order valence-electron chi connectivity index (χ0n) is 15.9. The van der Waals surface area contributed by atoms with Crippen molar-refractivity contribution < 1.29 is 4.74 Å². The molecule has 2 atom stereocenters. The second kappa shape index (κ2) is 6.96. The van der Waals surface area contributed by atoms with E-state index in [9.17, 15) is 0 Å². The van der Waals surface area contributed by atoms with Gasteiger partial charge in [0.05, 0.1) is 12.3 Å². The molecule has 0 radical (unpaired) electrons. The lowest BCUT2D eigenvalue weighted by molar-refractivity contribution is 0.180. The molecule has 5 nitrogen and oxygen atoms in total. The number of rotatable bonds is 4. The summed E-state index contributed by atoms with van der Waals surface area (Å²) in [7, 11) is 1.73. The lowest BCUT2D eigenvalue weighted by Gasteiger charge is -2.44. The van der Waals surface area contributed by atoms with Crippen LogP contribution < -0.4 is 4.90 Å². The molecule has 2 fully saturated rings. The number of fused-ring (bicyclic) bond motifs is 1. The number of nitrogens with zero attached hydrogens (tertiary/aromatic N) is 4. The second-order valence-electron chi connectivity index (χ2n) is 8.23. The zero-order valence-corrected chi connectivity index (χ0v) is 15.9. The van der Waals surface area contributed by atoms with Gasteiger partial charge in [0.15, 0.2) is 0 Å². The Morgan fingerprint density at radius 1 is 1.25 bits per heavy atom. The predicted octanol–water partition coefficient (Wildman–Crippen LogP) is 2.98. The number of piperazine rings is 1. The van der Waals surface area contributed by atoms with E-state index >= 15 is 0 Å². The van der Waals surface area contributed by atoms with Crippen molar-refractivity contribution in [2.45, 2.75) is 71.1 Å². The van der Waals surface area contributed by atoms with Gasteiger partial charge < -0.3 is 9.64 Å². The van der Waals surface area contributed by atoms with Crippen LogP contribution in [0.5, 0.6) is 0 Å². The van der Waals surface area contributed by atoms with Gasteiger partial charge in [-0.1, -0.05) is 27.7 Å². The first kappa shape index (κ1) is 17.6. The van der Waals surface area contributed by atoms with Crippen molar-refractivity contribution in [2.24, 2.45) is 0 Å². The van der Waals surface area contributed by atoms with Crippen LogP contribution in [0.4, 0.5) is 5.82 Å². The summed E-state index contributed by atoms with van der Waals surface area (Å²) >= 11 is 0. The lowest BCUT2D eigenvalue weighted by atomic mass is 9.95. The molecule has 0 amide bonds. The maximum Gasteiger partial charge on any atom is 0.136 e. The minimum Gasteiger partial charge on any atom is -0.378 e. The highest BCUT2D eigenvalue weighted by Gasteiger charge is 2.36. The van der Waals surface area contributed by atoms with E-state index < -0.39 is 0 Å². The van der Waals surface area contributed by atoms with Crippen molar-refractivity contribution in [2.75, 3.05) is 31.6 Å². The fraction of sp³-hybridized carbons (Fsp3) is 0.789. The molecule has 0 bridgehead atoms. The Bertz CT molecular complexity index is 569. The van der Waals surface area contributed by atoms with E-state index in [-0.39, 0.29) is 5.41 Å². The number of anilines is 1. The summed E-state index contributed by atoms with van der Waals surface area (Å²) in [4.78, 5) is 14.9. The summed E-state index contributed by atoms with van der Waals surface area (Å²) in [5.74, 6) is 2.00. The Morgan fingerprint density at radius 2 is 2.04 bits per heavy atom. The number of ether oxygens (including phenoxy) is 1. The number of hydrogen-bond donors (Lipinski definition) is 0. The van der Waals surface area contributed by atoms with Gasteiger partial charge in [0.1, 0.15) is 11.6 Å². The molecule has 1 aromatic heterocycles. The van der Waals surface area contributed by atoms with Gasteiger partial charge in [-0.15, -0.1) is 0 Å². The monoisotopic (exact) mass is 332 g/mol. The van der Waals surface area contributed by atoms with Crippen molar-refractivity contribution in [3.8, 4) is 0 Å². The number of aromatic nitrogens is 2. The van der Waals surface area contributed by atoms with E-state index in [1.54, 1.807) is 7.11 Å². The smallest absolute Gasteiger partial charge is 0.136 e. The van der Waals surface area contributed by atoms with Crippen LogP contribution in [0, 0.1) is 0 Å². The van der Waals surface area contributed by atoms with Crippen molar-refractivity contribution in [1.29, 1.82) is 0 Å². The summed E-state index contributed by atoms with van der Waals surface area (Å²) < 4.78 is 5.34. The first-order valence-electron chi connectivity index (χ1n) is 9.30. The molecular weight excluding hydrogens is 300 g/mol. The molecule has 0 aliphatic carbocycles. The van der Waals surface area contributed by atoms with Crippen LogP contribution in [0.3, 0.4) is 0 Å². The molecule has 2 unspecified atom stereocenters. The summed E-state index contributed by atoms with van der Waals surface area (Å²) in [6, 6.07) is 3.36. The molecule has 0 saturated carbocycles. The van der Waals surface area contributed by atoms with Crippen molar-refractivity contribution in [3.05, 3.63) is 17.6 Å². The molecule has 2 aliphatic heterocycles. The third kappa shape index (κ3) is 3.57. The van der Waals surface area contributed by atoms with Gasteiger partial charge >= 0.3 is 0 Å². The second-order valence-corrected chi connectivity index (χ2v) is 8.23. The molecule has 0 aromatic carbocycles. The summed E-state index contributed by atoms with van der Waals surface area (Å²) in [6.07, 6.45) is 3.80. The first-order valence-corrected chi connectivity index (χ1v) is 9.30. The number of methoxy groups -OCH3 is 1. The third-order valence-electron chi connectivity index (χ3n) is 5.29. The largest absolute Gasteiger partial charge is 0.378 e. The van der Waals surface area contributed by atoms with Gasteiger partial charge in [-0.2, -0.15) is 0 Å². The molecule has 3 heterocycles. The molecule has 5 heteroatoms. The van der Waals surface area contributed by atoms with Gasteiger partial charge in [0, 0.05) is 43.8 Å². The maximum atomic E-state index is 5.34.